The van der Waals surface area contributed by atoms with Gasteiger partial charge in [0, 0.05) is 46.5 Å². The number of ether oxygens (including phenoxy) is 1. The van der Waals surface area contributed by atoms with Gasteiger partial charge >= 0.3 is 5.97 Å². The minimum Gasteiger partial charge on any atom is -0.479 e. The van der Waals surface area contributed by atoms with Gasteiger partial charge in [-0.3, -0.25) is 14.0 Å². The molecule has 0 saturated carbocycles. The van der Waals surface area contributed by atoms with Gasteiger partial charge in [0.25, 0.3) is 5.56 Å². The van der Waals surface area contributed by atoms with Gasteiger partial charge in [-0.25, -0.2) is 14.8 Å². The van der Waals surface area contributed by atoms with Crippen molar-refractivity contribution < 1.29 is 14.6 Å². The van der Waals surface area contributed by atoms with Crippen LogP contribution < -0.4 is 5.56 Å². The molecule has 6 aromatic rings. The van der Waals surface area contributed by atoms with Crippen LogP contribution in [0.1, 0.15) is 38.0 Å². The molecular formula is C32H28ClN5O4S. The van der Waals surface area contributed by atoms with Gasteiger partial charge in [-0.15, -0.1) is 0 Å². The first-order valence-electron chi connectivity index (χ1n) is 13.5. The highest BCUT2D eigenvalue weighted by atomic mass is 35.5. The maximum Gasteiger partial charge on any atom is 0.337 e. The fourth-order valence-electron chi connectivity index (χ4n) is 5.20. The summed E-state index contributed by atoms with van der Waals surface area (Å²) in [6.07, 6.45) is 3.67. The third-order valence-electron chi connectivity index (χ3n) is 7.07. The van der Waals surface area contributed by atoms with E-state index < -0.39 is 17.7 Å². The van der Waals surface area contributed by atoms with Crippen molar-refractivity contribution in [1.29, 1.82) is 0 Å². The van der Waals surface area contributed by atoms with Gasteiger partial charge in [-0.1, -0.05) is 41.1 Å². The number of carboxylic acid groups (broad SMARTS) is 1. The molecule has 9 nitrogen and oxygen atoms in total. The minimum absolute atomic E-state index is 0.284. The number of nitrogens with zero attached hydrogens (tertiary/aromatic N) is 5. The van der Waals surface area contributed by atoms with Gasteiger partial charge in [-0.05, 0) is 69.2 Å². The number of aromatic nitrogens is 5. The molecule has 3 aromatic carbocycles. The Hall–Kier alpha value is -4.38. The van der Waals surface area contributed by atoms with E-state index in [-0.39, 0.29) is 11.3 Å². The molecule has 1 atom stereocenters. The van der Waals surface area contributed by atoms with Crippen molar-refractivity contribution in [1.82, 2.24) is 24.3 Å². The van der Waals surface area contributed by atoms with Crippen LogP contribution in [0.25, 0.3) is 48.6 Å². The molecule has 6 rings (SSSR count). The van der Waals surface area contributed by atoms with Crippen LogP contribution in [0.4, 0.5) is 0 Å². The normalized spacial score (nSPS) is 12.7. The lowest BCUT2D eigenvalue weighted by Crippen LogP contribution is -2.28. The summed E-state index contributed by atoms with van der Waals surface area (Å²) in [4.78, 5) is 35.7. The molecule has 0 aliphatic carbocycles. The van der Waals surface area contributed by atoms with E-state index in [9.17, 15) is 14.7 Å². The molecule has 1 N–H and O–H groups in total. The number of hydrogen-bond acceptors (Lipinski definition) is 7. The summed E-state index contributed by atoms with van der Waals surface area (Å²) < 4.78 is 10.1. The van der Waals surface area contributed by atoms with Crippen LogP contribution in [0.5, 0.6) is 0 Å². The van der Waals surface area contributed by atoms with Gasteiger partial charge < -0.3 is 9.84 Å². The van der Waals surface area contributed by atoms with Crippen molar-refractivity contribution in [3.63, 3.8) is 0 Å². The van der Waals surface area contributed by atoms with Crippen LogP contribution >= 0.6 is 22.9 Å². The summed E-state index contributed by atoms with van der Waals surface area (Å²) >= 11 is 7.51. The number of benzene rings is 3. The van der Waals surface area contributed by atoms with E-state index in [0.29, 0.717) is 37.9 Å². The maximum atomic E-state index is 13.8. The van der Waals surface area contributed by atoms with E-state index in [1.807, 2.05) is 71.1 Å². The number of fused-ring (bicyclic) bond motifs is 2. The molecule has 0 aliphatic rings. The lowest BCUT2D eigenvalue weighted by molar-refractivity contribution is -0.160. The number of halogens is 1. The third-order valence-corrected chi connectivity index (χ3v) is 8.41. The summed E-state index contributed by atoms with van der Waals surface area (Å²) in [5.41, 5.74) is 4.16. The number of carbonyl (C=O) groups is 1. The Morgan fingerprint density at radius 1 is 1.09 bits per heavy atom. The summed E-state index contributed by atoms with van der Waals surface area (Å²) in [7, 11) is 1.86. The van der Waals surface area contributed by atoms with Crippen LogP contribution in [0.2, 0.25) is 5.02 Å². The molecule has 0 aliphatic heterocycles. The van der Waals surface area contributed by atoms with Crippen LogP contribution in [0, 0.1) is 6.92 Å². The molecule has 0 bridgehead atoms. The number of thiazole rings is 1. The second-order valence-corrected chi connectivity index (χ2v) is 12.7. The second-order valence-electron chi connectivity index (χ2n) is 11.3. The SMILES string of the molecule is Cc1cc2nc(-n3ccnc(-c4ccc5c(cnn5C)c4)c3=O)sc2c(-c2ccc(Cl)cc2)c1[C@H](OC(C)(C)C)C(=O)O. The molecule has 3 heterocycles. The first kappa shape index (κ1) is 28.7. The first-order valence-corrected chi connectivity index (χ1v) is 14.7. The third kappa shape index (κ3) is 5.33. The number of carboxylic acids is 1. The quantitative estimate of drug-likeness (QED) is 0.216. The van der Waals surface area contributed by atoms with E-state index >= 15 is 0 Å². The molecule has 0 saturated heterocycles. The lowest BCUT2D eigenvalue weighted by atomic mass is 9.91. The highest BCUT2D eigenvalue weighted by molar-refractivity contribution is 7.21. The summed E-state index contributed by atoms with van der Waals surface area (Å²) in [6, 6.07) is 14.7. The standard InChI is InChI=1S/C32H28ClN5O4S/c1-17-14-22-28(25(18-6-9-21(33)10-7-18)24(17)27(30(40)41)42-32(2,3)4)43-31(36-22)38-13-12-34-26(29(38)39)19-8-11-23-20(15-19)16-35-37(23)5/h6-16,27H,1-5H3,(H,40,41)/t27-/m0/s1. The van der Waals surface area contributed by atoms with Crippen molar-refractivity contribution in [2.75, 3.05) is 0 Å². The summed E-state index contributed by atoms with van der Waals surface area (Å²) in [6.45, 7) is 7.32. The lowest BCUT2D eigenvalue weighted by Gasteiger charge is -2.28. The predicted octanol–water partition coefficient (Wildman–Crippen LogP) is 6.97. The first-order chi connectivity index (χ1) is 20.4. The van der Waals surface area contributed by atoms with E-state index in [0.717, 1.165) is 21.2 Å². The van der Waals surface area contributed by atoms with Crippen molar-refractivity contribution in [3.05, 3.63) is 93.6 Å². The van der Waals surface area contributed by atoms with E-state index in [4.69, 9.17) is 21.3 Å². The fraction of sp³-hybridized carbons (Fsp3) is 0.219. The van der Waals surface area contributed by atoms with Gasteiger partial charge in [0.15, 0.2) is 11.2 Å². The summed E-state index contributed by atoms with van der Waals surface area (Å²) in [5.74, 6) is -1.10. The Balaban J connectivity index is 1.57. The zero-order valence-corrected chi connectivity index (χ0v) is 25.7. The molecule has 3 aromatic heterocycles. The molecule has 0 spiro atoms. The molecule has 11 heteroatoms. The van der Waals surface area contributed by atoms with Gasteiger partial charge in [0.1, 0.15) is 5.69 Å². The van der Waals surface area contributed by atoms with E-state index in [1.165, 1.54) is 15.9 Å². The molecular weight excluding hydrogens is 586 g/mol. The summed E-state index contributed by atoms with van der Waals surface area (Å²) in [5, 5.41) is 16.5. The average Bonchev–Trinajstić information content (AvgIpc) is 3.54. The molecule has 0 unspecified atom stereocenters. The van der Waals surface area contributed by atoms with Crippen LogP contribution in [-0.4, -0.2) is 41.0 Å². The van der Waals surface area contributed by atoms with E-state index in [2.05, 4.69) is 10.1 Å². The Bertz CT molecular complexity index is 2090. The van der Waals surface area contributed by atoms with Crippen molar-refractivity contribution >= 4 is 50.0 Å². The van der Waals surface area contributed by atoms with Crippen molar-refractivity contribution in [2.45, 2.75) is 39.4 Å². The monoisotopic (exact) mass is 613 g/mol. The largest absolute Gasteiger partial charge is 0.479 e. The maximum absolute atomic E-state index is 13.8. The fourth-order valence-corrected chi connectivity index (χ4v) is 6.43. The van der Waals surface area contributed by atoms with Gasteiger partial charge in [-0.2, -0.15) is 5.10 Å². The second kappa shape index (κ2) is 10.7. The highest BCUT2D eigenvalue weighted by Crippen LogP contribution is 2.43. The Labute approximate surface area is 256 Å². The number of aliphatic carboxylic acids is 1. The van der Waals surface area contributed by atoms with E-state index in [1.54, 1.807) is 35.4 Å². The zero-order chi connectivity index (χ0) is 30.6. The Morgan fingerprint density at radius 3 is 2.51 bits per heavy atom. The zero-order valence-electron chi connectivity index (χ0n) is 24.1. The number of hydrogen-bond donors (Lipinski definition) is 1. The van der Waals surface area contributed by atoms with Gasteiger partial charge in [0.2, 0.25) is 0 Å². The molecule has 0 fully saturated rings. The van der Waals surface area contributed by atoms with Crippen LogP contribution in [0.15, 0.2) is 71.9 Å². The minimum atomic E-state index is -1.24. The average molecular weight is 614 g/mol. The number of rotatable bonds is 6. The molecule has 0 radical (unpaired) electrons. The van der Waals surface area contributed by atoms with Crippen molar-refractivity contribution in [2.24, 2.45) is 7.05 Å². The highest BCUT2D eigenvalue weighted by Gasteiger charge is 2.32. The van der Waals surface area contributed by atoms with Crippen LogP contribution in [0.3, 0.4) is 0 Å². The smallest absolute Gasteiger partial charge is 0.337 e. The molecule has 218 valence electrons. The Kier molecular flexibility index (Phi) is 7.16. The topological polar surface area (TPSA) is 112 Å². The molecule has 43 heavy (non-hydrogen) atoms. The van der Waals surface area contributed by atoms with Gasteiger partial charge in [0.05, 0.1) is 27.5 Å². The number of aryl methyl sites for hydroxylation is 2. The van der Waals surface area contributed by atoms with Crippen molar-refractivity contribution in [3.8, 4) is 27.5 Å². The Morgan fingerprint density at radius 2 is 1.81 bits per heavy atom. The molecule has 0 amide bonds. The van der Waals surface area contributed by atoms with Crippen LogP contribution in [-0.2, 0) is 16.6 Å². The predicted molar refractivity (Wildman–Crippen MR) is 169 cm³/mol.